The van der Waals surface area contributed by atoms with E-state index < -0.39 is 11.9 Å². The van der Waals surface area contributed by atoms with Gasteiger partial charge in [0.2, 0.25) is 0 Å². The molecule has 0 spiro atoms. The predicted octanol–water partition coefficient (Wildman–Crippen LogP) is 3.93. The number of benzene rings is 2. The molecule has 6 nitrogen and oxygen atoms in total. The van der Waals surface area contributed by atoms with Crippen molar-refractivity contribution in [2.24, 2.45) is 0 Å². The summed E-state index contributed by atoms with van der Waals surface area (Å²) >= 11 is 5.93. The van der Waals surface area contributed by atoms with Gasteiger partial charge in [-0.25, -0.2) is 4.79 Å². The van der Waals surface area contributed by atoms with Gasteiger partial charge < -0.3 is 14.6 Å². The number of para-hydroxylation sites is 1. The highest BCUT2D eigenvalue weighted by Gasteiger charge is 2.38. The largest absolute Gasteiger partial charge is 0.504 e. The third-order valence-electron chi connectivity index (χ3n) is 4.42. The molecule has 1 N–H and O–H groups in total. The number of allylic oxidation sites excluding steroid dienone is 1. The fourth-order valence-corrected chi connectivity index (χ4v) is 3.18. The number of phenolic OH excluding ortho intramolecular Hbond substituents is 1. The summed E-state index contributed by atoms with van der Waals surface area (Å²) in [7, 11) is 2.68. The number of amides is 1. The molecule has 7 heteroatoms. The van der Waals surface area contributed by atoms with E-state index >= 15 is 0 Å². The van der Waals surface area contributed by atoms with Crippen LogP contribution >= 0.6 is 11.6 Å². The summed E-state index contributed by atoms with van der Waals surface area (Å²) in [6.07, 6.45) is 1.45. The number of rotatable bonds is 4. The van der Waals surface area contributed by atoms with Crippen LogP contribution in [0.3, 0.4) is 0 Å². The fraction of sp³-hybridized carbons (Fsp3) is 0.143. The molecule has 144 valence electrons. The average molecular weight is 400 g/mol. The van der Waals surface area contributed by atoms with Crippen LogP contribution in [0.15, 0.2) is 59.3 Å². The molecule has 0 atom stereocenters. The predicted molar refractivity (Wildman–Crippen MR) is 106 cm³/mol. The summed E-state index contributed by atoms with van der Waals surface area (Å²) < 4.78 is 9.98. The molecule has 0 aromatic heterocycles. The average Bonchev–Trinajstić information content (AvgIpc) is 2.93. The number of nitrogens with zero attached hydrogens (tertiary/aromatic N) is 1. The lowest BCUT2D eigenvalue weighted by molar-refractivity contribution is -0.136. The summed E-state index contributed by atoms with van der Waals surface area (Å²) in [5.41, 5.74) is 1.57. The van der Waals surface area contributed by atoms with E-state index in [1.54, 1.807) is 49.4 Å². The lowest BCUT2D eigenvalue weighted by Gasteiger charge is -2.18. The lowest BCUT2D eigenvalue weighted by Crippen LogP contribution is -2.24. The van der Waals surface area contributed by atoms with Crippen molar-refractivity contribution in [2.45, 2.75) is 6.92 Å². The van der Waals surface area contributed by atoms with Gasteiger partial charge >= 0.3 is 5.97 Å². The molecule has 1 amide bonds. The van der Waals surface area contributed by atoms with E-state index in [1.807, 2.05) is 0 Å². The van der Waals surface area contributed by atoms with Crippen LogP contribution in [0.25, 0.3) is 6.08 Å². The second kappa shape index (κ2) is 7.78. The van der Waals surface area contributed by atoms with Crippen molar-refractivity contribution in [1.82, 2.24) is 0 Å². The van der Waals surface area contributed by atoms with Crippen molar-refractivity contribution < 1.29 is 24.2 Å². The molecule has 0 saturated heterocycles. The molecule has 1 aliphatic heterocycles. The highest BCUT2D eigenvalue weighted by atomic mass is 35.5. The van der Waals surface area contributed by atoms with Crippen molar-refractivity contribution in [3.63, 3.8) is 0 Å². The van der Waals surface area contributed by atoms with Gasteiger partial charge in [-0.3, -0.25) is 9.69 Å². The van der Waals surface area contributed by atoms with Gasteiger partial charge in [0.05, 0.1) is 25.4 Å². The smallest absolute Gasteiger partial charge is 0.340 e. The van der Waals surface area contributed by atoms with Gasteiger partial charge in [0.25, 0.3) is 5.91 Å². The van der Waals surface area contributed by atoms with Gasteiger partial charge in [-0.1, -0.05) is 23.7 Å². The molecule has 2 aromatic rings. The van der Waals surface area contributed by atoms with E-state index in [-0.39, 0.29) is 22.6 Å². The summed E-state index contributed by atoms with van der Waals surface area (Å²) in [4.78, 5) is 27.0. The number of halogens is 1. The Bertz CT molecular complexity index is 1010. The van der Waals surface area contributed by atoms with Crippen LogP contribution < -0.4 is 9.64 Å². The maximum atomic E-state index is 13.2. The lowest BCUT2D eigenvalue weighted by atomic mass is 10.0. The Morgan fingerprint density at radius 3 is 2.43 bits per heavy atom. The number of methoxy groups -OCH3 is 2. The number of ether oxygens (including phenoxy) is 2. The van der Waals surface area contributed by atoms with Crippen LogP contribution in [0.1, 0.15) is 12.5 Å². The zero-order valence-corrected chi connectivity index (χ0v) is 16.3. The highest BCUT2D eigenvalue weighted by molar-refractivity contribution is 6.30. The Morgan fingerprint density at radius 1 is 1.14 bits per heavy atom. The van der Waals surface area contributed by atoms with Crippen LogP contribution in [0.2, 0.25) is 5.02 Å². The first kappa shape index (κ1) is 19.5. The first-order valence-electron chi connectivity index (χ1n) is 8.36. The fourth-order valence-electron chi connectivity index (χ4n) is 3.06. The Hall–Kier alpha value is -3.25. The normalized spacial score (nSPS) is 15.4. The monoisotopic (exact) mass is 399 g/mol. The summed E-state index contributed by atoms with van der Waals surface area (Å²) in [5.74, 6) is -0.926. The Labute approximate surface area is 167 Å². The van der Waals surface area contributed by atoms with Crippen molar-refractivity contribution >= 4 is 35.2 Å². The Morgan fingerprint density at radius 2 is 1.82 bits per heavy atom. The molecular weight excluding hydrogens is 382 g/mol. The first-order chi connectivity index (χ1) is 13.4. The van der Waals surface area contributed by atoms with Crippen molar-refractivity contribution in [2.75, 3.05) is 19.1 Å². The number of hydrogen-bond acceptors (Lipinski definition) is 5. The van der Waals surface area contributed by atoms with E-state index in [4.69, 9.17) is 21.1 Å². The van der Waals surface area contributed by atoms with Gasteiger partial charge in [-0.15, -0.1) is 0 Å². The van der Waals surface area contributed by atoms with Crippen LogP contribution in [0.5, 0.6) is 11.5 Å². The molecular formula is C21H18ClNO5. The third-order valence-corrected chi connectivity index (χ3v) is 4.68. The first-order valence-corrected chi connectivity index (χ1v) is 8.74. The van der Waals surface area contributed by atoms with Crippen LogP contribution in [0.4, 0.5) is 5.69 Å². The van der Waals surface area contributed by atoms with E-state index in [9.17, 15) is 14.7 Å². The second-order valence-electron chi connectivity index (χ2n) is 6.03. The van der Waals surface area contributed by atoms with E-state index in [2.05, 4.69) is 0 Å². The molecule has 0 bridgehead atoms. The van der Waals surface area contributed by atoms with Gasteiger partial charge in [-0.2, -0.15) is 0 Å². The van der Waals surface area contributed by atoms with E-state index in [0.717, 1.165) is 0 Å². The van der Waals surface area contributed by atoms with Gasteiger partial charge in [0, 0.05) is 22.0 Å². The summed E-state index contributed by atoms with van der Waals surface area (Å²) in [6, 6.07) is 11.6. The molecule has 0 radical (unpaired) electrons. The molecule has 0 saturated carbocycles. The van der Waals surface area contributed by atoms with Crippen LogP contribution in [0, 0.1) is 0 Å². The van der Waals surface area contributed by atoms with Gasteiger partial charge in [0.15, 0.2) is 11.5 Å². The number of aromatic hydroxyl groups is 1. The molecule has 1 heterocycles. The Balaban J connectivity index is 2.16. The van der Waals surface area contributed by atoms with E-state index in [0.29, 0.717) is 22.0 Å². The number of esters is 1. The molecule has 28 heavy (non-hydrogen) atoms. The summed E-state index contributed by atoms with van der Waals surface area (Å²) in [6.45, 7) is 1.66. The maximum absolute atomic E-state index is 13.2. The molecule has 0 aliphatic carbocycles. The standard InChI is InChI=1S/C21H18ClNO5/c1-12-18(21(26)28-3)16(11-13-5-4-6-17(27-2)19(13)24)20(25)23(12)15-9-7-14(22)8-10-15/h4-11,24H,1-3H3/b16-11-. The second-order valence-corrected chi connectivity index (χ2v) is 6.46. The van der Waals surface area contributed by atoms with Gasteiger partial charge in [0.1, 0.15) is 0 Å². The summed E-state index contributed by atoms with van der Waals surface area (Å²) in [5, 5.41) is 10.9. The quantitative estimate of drug-likeness (QED) is 0.622. The maximum Gasteiger partial charge on any atom is 0.340 e. The number of carbonyl (C=O) groups excluding carboxylic acids is 2. The number of carbonyl (C=O) groups is 2. The zero-order valence-electron chi connectivity index (χ0n) is 15.5. The Kier molecular flexibility index (Phi) is 5.42. The molecule has 0 fully saturated rings. The molecule has 0 unspecified atom stereocenters. The van der Waals surface area contributed by atoms with Crippen molar-refractivity contribution in [1.29, 1.82) is 0 Å². The number of phenols is 1. The minimum absolute atomic E-state index is 0.114. The van der Waals surface area contributed by atoms with Crippen molar-refractivity contribution in [3.8, 4) is 11.5 Å². The zero-order chi connectivity index (χ0) is 20.4. The van der Waals surface area contributed by atoms with Gasteiger partial charge in [-0.05, 0) is 43.3 Å². The van der Waals surface area contributed by atoms with E-state index in [1.165, 1.54) is 25.2 Å². The third kappa shape index (κ3) is 3.34. The molecule has 1 aliphatic rings. The number of anilines is 1. The van der Waals surface area contributed by atoms with Crippen molar-refractivity contribution in [3.05, 3.63) is 69.9 Å². The minimum atomic E-state index is -0.643. The van der Waals surface area contributed by atoms with Crippen LogP contribution in [-0.2, 0) is 14.3 Å². The highest BCUT2D eigenvalue weighted by Crippen LogP contribution is 2.38. The SMILES string of the molecule is COC(=O)C1=C(C)N(c2ccc(Cl)cc2)C(=O)/C1=C\c1cccc(OC)c1O. The molecule has 3 rings (SSSR count). The molecule has 2 aromatic carbocycles. The van der Waals surface area contributed by atoms with Crippen LogP contribution in [-0.4, -0.2) is 31.2 Å². The topological polar surface area (TPSA) is 76.1 Å². The number of hydrogen-bond donors (Lipinski definition) is 1. The minimum Gasteiger partial charge on any atom is -0.504 e.